The first kappa shape index (κ1) is 12.2. The van der Waals surface area contributed by atoms with Crippen LogP contribution in [0.1, 0.15) is 5.56 Å². The zero-order chi connectivity index (χ0) is 11.5. The number of hydrogen-bond acceptors (Lipinski definition) is 2. The molecule has 1 rings (SSSR count). The molecule has 0 spiro atoms. The zero-order valence-corrected chi connectivity index (χ0v) is 9.02. The minimum atomic E-state index is -2.92. The maximum atomic E-state index is 13.0. The highest BCUT2D eigenvalue weighted by atomic mass is 35.5. The second kappa shape index (κ2) is 4.77. The first-order valence-electron chi connectivity index (χ1n) is 4.39. The molecule has 1 aromatic carbocycles. The van der Waals surface area contributed by atoms with Crippen molar-refractivity contribution in [3.8, 4) is 5.75 Å². The fourth-order valence-corrected chi connectivity index (χ4v) is 1.38. The number of halogens is 3. The van der Waals surface area contributed by atoms with Gasteiger partial charge in [0.25, 0.3) is 5.92 Å². The Hall–Kier alpha value is -0.870. The van der Waals surface area contributed by atoms with Gasteiger partial charge in [-0.05, 0) is 12.1 Å². The van der Waals surface area contributed by atoms with Gasteiger partial charge in [0.2, 0.25) is 0 Å². The van der Waals surface area contributed by atoms with Crippen LogP contribution in [-0.2, 0) is 6.42 Å². The Morgan fingerprint density at radius 1 is 1.47 bits per heavy atom. The van der Waals surface area contributed by atoms with Crippen LogP contribution in [0.4, 0.5) is 8.78 Å². The van der Waals surface area contributed by atoms with Crippen LogP contribution in [0.5, 0.6) is 5.75 Å². The van der Waals surface area contributed by atoms with Crippen molar-refractivity contribution in [1.29, 1.82) is 0 Å². The number of methoxy groups -OCH3 is 1. The largest absolute Gasteiger partial charge is 0.496 e. The molecular weight excluding hydrogens is 224 g/mol. The summed E-state index contributed by atoms with van der Waals surface area (Å²) >= 11 is 5.71. The van der Waals surface area contributed by atoms with E-state index in [0.29, 0.717) is 16.3 Å². The maximum Gasteiger partial charge on any atom is 0.264 e. The van der Waals surface area contributed by atoms with Crippen LogP contribution in [0.25, 0.3) is 0 Å². The molecular formula is C10H12ClF2NO. The van der Waals surface area contributed by atoms with E-state index in [9.17, 15) is 8.78 Å². The summed E-state index contributed by atoms with van der Waals surface area (Å²) in [6.45, 7) is -0.682. The normalized spacial score (nSPS) is 11.5. The summed E-state index contributed by atoms with van der Waals surface area (Å²) < 4.78 is 31.0. The lowest BCUT2D eigenvalue weighted by Gasteiger charge is -2.16. The van der Waals surface area contributed by atoms with Gasteiger partial charge in [-0.25, -0.2) is 8.78 Å². The van der Waals surface area contributed by atoms with Gasteiger partial charge in [-0.1, -0.05) is 17.7 Å². The van der Waals surface area contributed by atoms with Crippen LogP contribution >= 0.6 is 11.6 Å². The first-order valence-corrected chi connectivity index (χ1v) is 4.76. The molecule has 0 fully saturated rings. The Morgan fingerprint density at radius 3 is 2.67 bits per heavy atom. The fraction of sp³-hybridized carbons (Fsp3) is 0.400. The number of benzene rings is 1. The van der Waals surface area contributed by atoms with E-state index in [1.165, 1.54) is 19.2 Å². The van der Waals surface area contributed by atoms with Gasteiger partial charge in [0.15, 0.2) is 0 Å². The van der Waals surface area contributed by atoms with Crippen LogP contribution in [0.2, 0.25) is 5.02 Å². The van der Waals surface area contributed by atoms with Crippen molar-refractivity contribution < 1.29 is 13.5 Å². The van der Waals surface area contributed by atoms with Gasteiger partial charge < -0.3 is 10.5 Å². The highest BCUT2D eigenvalue weighted by molar-refractivity contribution is 6.30. The number of nitrogens with two attached hydrogens (primary N) is 1. The molecule has 0 unspecified atom stereocenters. The second-order valence-corrected chi connectivity index (χ2v) is 3.63. The van der Waals surface area contributed by atoms with E-state index >= 15 is 0 Å². The number of ether oxygens (including phenoxy) is 1. The number of rotatable bonds is 4. The van der Waals surface area contributed by atoms with Crippen LogP contribution < -0.4 is 10.5 Å². The predicted octanol–water partition coefficient (Wildman–Crippen LogP) is 2.49. The molecule has 0 saturated heterocycles. The van der Waals surface area contributed by atoms with E-state index < -0.39 is 18.9 Å². The van der Waals surface area contributed by atoms with E-state index in [2.05, 4.69) is 0 Å². The van der Waals surface area contributed by atoms with Gasteiger partial charge in [0.05, 0.1) is 13.7 Å². The van der Waals surface area contributed by atoms with Crippen LogP contribution in [0, 0.1) is 0 Å². The first-order chi connectivity index (χ1) is 6.98. The molecule has 0 atom stereocenters. The highest BCUT2D eigenvalue weighted by Gasteiger charge is 2.28. The standard InChI is InChI=1S/C10H12ClF2NO/c1-15-9-4-8(11)3-2-7(9)5-10(12,13)6-14/h2-4H,5-6,14H2,1H3. The summed E-state index contributed by atoms with van der Waals surface area (Å²) in [6.07, 6.45) is -0.441. The molecule has 0 bridgehead atoms. The van der Waals surface area contributed by atoms with Crippen molar-refractivity contribution in [2.24, 2.45) is 5.73 Å². The van der Waals surface area contributed by atoms with Gasteiger partial charge >= 0.3 is 0 Å². The van der Waals surface area contributed by atoms with Gasteiger partial charge in [0.1, 0.15) is 5.75 Å². The molecule has 2 nitrogen and oxygen atoms in total. The Kier molecular flexibility index (Phi) is 3.88. The lowest BCUT2D eigenvalue weighted by atomic mass is 10.1. The molecule has 0 radical (unpaired) electrons. The van der Waals surface area contributed by atoms with Crippen molar-refractivity contribution in [3.63, 3.8) is 0 Å². The predicted molar refractivity (Wildman–Crippen MR) is 55.7 cm³/mol. The summed E-state index contributed by atoms with van der Waals surface area (Å²) in [5.74, 6) is -2.56. The third-order valence-electron chi connectivity index (χ3n) is 2.00. The molecule has 0 aliphatic carbocycles. The molecule has 0 heterocycles. The van der Waals surface area contributed by atoms with E-state index in [1.807, 2.05) is 0 Å². The van der Waals surface area contributed by atoms with E-state index in [-0.39, 0.29) is 0 Å². The lowest BCUT2D eigenvalue weighted by molar-refractivity contribution is 0.0110. The SMILES string of the molecule is COc1cc(Cl)ccc1CC(F)(F)CN. The molecule has 2 N–H and O–H groups in total. The average Bonchev–Trinajstić information content (AvgIpc) is 2.20. The monoisotopic (exact) mass is 235 g/mol. The van der Waals surface area contributed by atoms with Gasteiger partial charge in [0, 0.05) is 17.0 Å². The minimum absolute atomic E-state index is 0.357. The molecule has 0 amide bonds. The molecule has 0 aromatic heterocycles. The van der Waals surface area contributed by atoms with Crippen molar-refractivity contribution in [2.45, 2.75) is 12.3 Å². The van der Waals surface area contributed by atoms with Crippen LogP contribution in [0.3, 0.4) is 0 Å². The molecule has 15 heavy (non-hydrogen) atoms. The molecule has 0 aliphatic rings. The maximum absolute atomic E-state index is 13.0. The van der Waals surface area contributed by atoms with Crippen LogP contribution in [0.15, 0.2) is 18.2 Å². The Morgan fingerprint density at radius 2 is 2.13 bits per heavy atom. The van der Waals surface area contributed by atoms with Crippen molar-refractivity contribution in [2.75, 3.05) is 13.7 Å². The second-order valence-electron chi connectivity index (χ2n) is 3.19. The lowest BCUT2D eigenvalue weighted by Crippen LogP contribution is -2.30. The summed E-state index contributed by atoms with van der Waals surface area (Å²) in [7, 11) is 1.41. The Bertz CT molecular complexity index is 344. The summed E-state index contributed by atoms with van der Waals surface area (Å²) in [4.78, 5) is 0. The summed E-state index contributed by atoms with van der Waals surface area (Å²) in [6, 6.07) is 4.57. The van der Waals surface area contributed by atoms with E-state index in [4.69, 9.17) is 22.1 Å². The topological polar surface area (TPSA) is 35.2 Å². The van der Waals surface area contributed by atoms with Crippen LogP contribution in [-0.4, -0.2) is 19.6 Å². The molecule has 5 heteroatoms. The summed E-state index contributed by atoms with van der Waals surface area (Å²) in [5, 5.41) is 0.451. The highest BCUT2D eigenvalue weighted by Crippen LogP contribution is 2.28. The summed E-state index contributed by atoms with van der Waals surface area (Å²) in [5.41, 5.74) is 5.36. The zero-order valence-electron chi connectivity index (χ0n) is 8.27. The number of alkyl halides is 2. The Balaban J connectivity index is 2.94. The van der Waals surface area contributed by atoms with E-state index in [1.54, 1.807) is 6.07 Å². The number of hydrogen-bond donors (Lipinski definition) is 1. The molecule has 0 aliphatic heterocycles. The van der Waals surface area contributed by atoms with E-state index in [0.717, 1.165) is 0 Å². The minimum Gasteiger partial charge on any atom is -0.496 e. The van der Waals surface area contributed by atoms with Crippen molar-refractivity contribution in [1.82, 2.24) is 0 Å². The molecule has 0 saturated carbocycles. The van der Waals surface area contributed by atoms with Crippen molar-refractivity contribution >= 4 is 11.6 Å². The van der Waals surface area contributed by atoms with Gasteiger partial charge in [-0.2, -0.15) is 0 Å². The molecule has 1 aromatic rings. The average molecular weight is 236 g/mol. The van der Waals surface area contributed by atoms with Gasteiger partial charge in [-0.3, -0.25) is 0 Å². The molecule has 84 valence electrons. The quantitative estimate of drug-likeness (QED) is 0.870. The van der Waals surface area contributed by atoms with Gasteiger partial charge in [-0.15, -0.1) is 0 Å². The Labute approximate surface area is 92.0 Å². The fourth-order valence-electron chi connectivity index (χ4n) is 1.22. The third-order valence-corrected chi connectivity index (χ3v) is 2.23. The van der Waals surface area contributed by atoms with Crippen molar-refractivity contribution in [3.05, 3.63) is 28.8 Å². The smallest absolute Gasteiger partial charge is 0.264 e. The third kappa shape index (κ3) is 3.32.